The molecule has 6 aromatic rings. The Bertz CT molecular complexity index is 1610. The van der Waals surface area contributed by atoms with Gasteiger partial charge in [-0.25, -0.2) is 0 Å². The Hall–Kier alpha value is -2.22. The maximum atomic E-state index is 4.93. The molecule has 0 N–H and O–H groups in total. The van der Waals surface area contributed by atoms with Crippen molar-refractivity contribution in [2.75, 3.05) is 0 Å². The van der Waals surface area contributed by atoms with Gasteiger partial charge in [0.25, 0.3) is 0 Å². The Morgan fingerprint density at radius 2 is 0.864 bits per heavy atom. The van der Waals surface area contributed by atoms with Gasteiger partial charge < -0.3 is 0 Å². The van der Waals surface area contributed by atoms with Gasteiger partial charge >= 0.3 is 37.9 Å². The third-order valence-electron chi connectivity index (χ3n) is 7.54. The molecule has 0 saturated heterocycles. The SMILES string of the molecule is C[Si]C.Cc1cc2c(-c3ccccc3C(C)C)cccc2[cH-]1.Cc1cc2c(-c3ccccc3C(C)C)cccc2[cH-]1.[Cl][Zr+2][Cl]. The van der Waals surface area contributed by atoms with Gasteiger partial charge in [-0.05, 0) is 34.1 Å². The molecule has 0 aliphatic rings. The van der Waals surface area contributed by atoms with Gasteiger partial charge in [-0.1, -0.05) is 126 Å². The molecule has 0 unspecified atom stereocenters. The summed E-state index contributed by atoms with van der Waals surface area (Å²) < 4.78 is 0. The molecule has 0 nitrogen and oxygen atoms in total. The summed E-state index contributed by atoms with van der Waals surface area (Å²) in [4.78, 5) is 0. The van der Waals surface area contributed by atoms with Crippen molar-refractivity contribution in [2.24, 2.45) is 0 Å². The van der Waals surface area contributed by atoms with Crippen LogP contribution in [0.4, 0.5) is 0 Å². The van der Waals surface area contributed by atoms with Gasteiger partial charge in [0, 0.05) is 9.52 Å². The number of aryl methyl sites for hydroxylation is 2. The fourth-order valence-corrected chi connectivity index (χ4v) is 5.73. The van der Waals surface area contributed by atoms with Crippen LogP contribution in [0.2, 0.25) is 13.1 Å². The van der Waals surface area contributed by atoms with Crippen LogP contribution < -0.4 is 0 Å². The van der Waals surface area contributed by atoms with E-state index >= 15 is 0 Å². The number of benzene rings is 4. The fourth-order valence-electron chi connectivity index (χ4n) is 5.73. The molecule has 44 heavy (non-hydrogen) atoms. The monoisotopic (exact) mass is 712 g/mol. The molecule has 226 valence electrons. The van der Waals surface area contributed by atoms with Gasteiger partial charge in [0.2, 0.25) is 0 Å². The topological polar surface area (TPSA) is 0 Å². The molecule has 0 bridgehead atoms. The number of rotatable bonds is 4. The molecule has 0 atom stereocenters. The van der Waals surface area contributed by atoms with Gasteiger partial charge in [0.05, 0.1) is 0 Å². The van der Waals surface area contributed by atoms with Crippen LogP contribution in [0, 0.1) is 13.8 Å². The summed E-state index contributed by atoms with van der Waals surface area (Å²) in [6, 6.07) is 39.8. The van der Waals surface area contributed by atoms with E-state index < -0.39 is 20.8 Å². The van der Waals surface area contributed by atoms with Gasteiger partial charge in [-0.15, -0.1) is 69.1 Å². The second-order valence-corrected chi connectivity index (χ2v) is 16.5. The van der Waals surface area contributed by atoms with Crippen molar-refractivity contribution < 1.29 is 20.8 Å². The average Bonchev–Trinajstić information content (AvgIpc) is 3.59. The molecule has 0 aromatic heterocycles. The molecule has 0 saturated carbocycles. The third-order valence-corrected chi connectivity index (χ3v) is 7.54. The Kier molecular flexibility index (Phi) is 14.9. The van der Waals surface area contributed by atoms with Crippen LogP contribution in [0.25, 0.3) is 43.8 Å². The predicted octanol–water partition coefficient (Wildman–Crippen LogP) is 13.5. The van der Waals surface area contributed by atoms with E-state index in [0.717, 1.165) is 9.52 Å². The summed E-state index contributed by atoms with van der Waals surface area (Å²) in [5.74, 6) is 1.09. The molecule has 4 heteroatoms. The van der Waals surface area contributed by atoms with Gasteiger partial charge in [-0.3, -0.25) is 0 Å². The van der Waals surface area contributed by atoms with Crippen LogP contribution in [0.1, 0.15) is 61.8 Å². The minimum absolute atomic E-state index is 0.544. The maximum absolute atomic E-state index is 4.93. The molecular weight excluding hydrogens is 671 g/mol. The molecule has 0 spiro atoms. The first-order valence-electron chi connectivity index (χ1n) is 15.2. The van der Waals surface area contributed by atoms with E-state index in [4.69, 9.17) is 17.0 Å². The van der Waals surface area contributed by atoms with Gasteiger partial charge in [0.15, 0.2) is 0 Å². The van der Waals surface area contributed by atoms with Crippen LogP contribution in [-0.2, 0) is 20.8 Å². The Balaban J connectivity index is 0.000000204. The molecule has 6 aromatic carbocycles. The first-order valence-corrected chi connectivity index (χ1v) is 23.5. The van der Waals surface area contributed by atoms with Crippen molar-refractivity contribution in [3.63, 3.8) is 0 Å². The molecule has 0 heterocycles. The second-order valence-electron chi connectivity index (χ2n) is 11.7. The Morgan fingerprint density at radius 1 is 0.545 bits per heavy atom. The normalized spacial score (nSPS) is 10.5. The average molecular weight is 715 g/mol. The number of hydrogen-bond donors (Lipinski definition) is 0. The van der Waals surface area contributed by atoms with Crippen molar-refractivity contribution >= 4 is 48.1 Å². The Labute approximate surface area is 287 Å². The van der Waals surface area contributed by atoms with E-state index in [1.165, 1.54) is 66.1 Å². The zero-order chi connectivity index (χ0) is 32.2. The number of hydrogen-bond acceptors (Lipinski definition) is 0. The summed E-state index contributed by atoms with van der Waals surface area (Å²) in [6.45, 7) is 17.7. The van der Waals surface area contributed by atoms with Crippen molar-refractivity contribution in [1.29, 1.82) is 0 Å². The summed E-state index contributed by atoms with van der Waals surface area (Å²) in [7, 11) is 11.0. The fraction of sp³-hybridized carbons (Fsp3) is 0.250. The van der Waals surface area contributed by atoms with Crippen LogP contribution >= 0.6 is 17.0 Å². The van der Waals surface area contributed by atoms with E-state index in [9.17, 15) is 0 Å². The predicted molar refractivity (Wildman–Crippen MR) is 197 cm³/mol. The molecule has 2 radical (unpaired) electrons. The van der Waals surface area contributed by atoms with Crippen LogP contribution in [-0.4, -0.2) is 9.52 Å². The van der Waals surface area contributed by atoms with E-state index in [1.807, 2.05) is 0 Å². The van der Waals surface area contributed by atoms with E-state index in [2.05, 4.69) is 164 Å². The summed E-state index contributed by atoms with van der Waals surface area (Å²) in [6.07, 6.45) is 0. The number of fused-ring (bicyclic) bond motifs is 2. The Morgan fingerprint density at radius 3 is 1.20 bits per heavy atom. The van der Waals surface area contributed by atoms with Crippen molar-refractivity contribution in [3.8, 4) is 22.3 Å². The third kappa shape index (κ3) is 9.40. The first-order chi connectivity index (χ1) is 21.2. The van der Waals surface area contributed by atoms with E-state index in [1.54, 1.807) is 0 Å². The van der Waals surface area contributed by atoms with Gasteiger partial charge in [0.1, 0.15) is 0 Å². The summed E-state index contributed by atoms with van der Waals surface area (Å²) in [5, 5.41) is 5.42. The molecule has 6 rings (SSSR count). The molecular formula is C40H44Cl2SiZr. The van der Waals surface area contributed by atoms with Crippen LogP contribution in [0.3, 0.4) is 0 Å². The zero-order valence-electron chi connectivity index (χ0n) is 27.3. The molecule has 0 amide bonds. The van der Waals surface area contributed by atoms with Crippen molar-refractivity contribution in [3.05, 3.63) is 131 Å². The summed E-state index contributed by atoms with van der Waals surface area (Å²) in [5.41, 5.74) is 11.0. The van der Waals surface area contributed by atoms with E-state index in [0.29, 0.717) is 11.8 Å². The molecule has 0 fully saturated rings. The first kappa shape index (κ1) is 36.3. The molecule has 0 aliphatic heterocycles. The van der Waals surface area contributed by atoms with Crippen LogP contribution in [0.15, 0.2) is 109 Å². The van der Waals surface area contributed by atoms with E-state index in [-0.39, 0.29) is 0 Å². The molecule has 0 aliphatic carbocycles. The minimum atomic E-state index is -0.826. The van der Waals surface area contributed by atoms with Crippen molar-refractivity contribution in [1.82, 2.24) is 0 Å². The second kappa shape index (κ2) is 18.1. The van der Waals surface area contributed by atoms with Crippen LogP contribution in [0.5, 0.6) is 0 Å². The standard InChI is InChI=1S/2C19H19.C2H6Si.2ClH.Zr/c2*1-13(2)16-8-4-5-9-17(16)18-10-6-7-15-11-14(3)12-19(15)18;1-3-2;;;/h2*4-13H,1-3H3;1-2H3;2*1H;/q2*-1;;;;+4/p-2. The number of halogens is 2. The van der Waals surface area contributed by atoms with Gasteiger partial charge in [-0.2, -0.15) is 12.1 Å². The van der Waals surface area contributed by atoms with Crippen molar-refractivity contribution in [2.45, 2.75) is 66.5 Å². The zero-order valence-corrected chi connectivity index (χ0v) is 32.3. The summed E-state index contributed by atoms with van der Waals surface area (Å²) >= 11 is -0.826. The quantitative estimate of drug-likeness (QED) is 0.126.